The van der Waals surface area contributed by atoms with Crippen molar-refractivity contribution < 1.29 is 0 Å². The molecule has 2 rings (SSSR count). The molecule has 0 aliphatic carbocycles. The number of aromatic amines is 1. The summed E-state index contributed by atoms with van der Waals surface area (Å²) in [4.78, 5) is 3.18. The molecule has 1 aromatic carbocycles. The van der Waals surface area contributed by atoms with Crippen LogP contribution >= 0.6 is 15.9 Å². The Morgan fingerprint density at radius 2 is 2.06 bits per heavy atom. The maximum Gasteiger partial charge on any atom is 0.0362 e. The largest absolute Gasteiger partial charge is 0.364 e. The van der Waals surface area contributed by atoms with Gasteiger partial charge in [0.15, 0.2) is 0 Å². The molecule has 2 aromatic rings. The average Bonchev–Trinajstić information content (AvgIpc) is 2.79. The van der Waals surface area contributed by atoms with Gasteiger partial charge in [-0.2, -0.15) is 0 Å². The number of halogens is 1. The van der Waals surface area contributed by atoms with E-state index in [1.54, 1.807) is 0 Å². The van der Waals surface area contributed by atoms with Gasteiger partial charge in [-0.05, 0) is 30.7 Å². The van der Waals surface area contributed by atoms with E-state index >= 15 is 0 Å². The number of rotatable bonds is 4. The Kier molecular flexibility index (Phi) is 3.80. The van der Waals surface area contributed by atoms with Gasteiger partial charge in [0.1, 0.15) is 0 Å². The molecule has 0 radical (unpaired) electrons. The molecule has 2 nitrogen and oxygen atoms in total. The molecule has 1 aromatic heterocycles. The SMILES string of the molecule is CC(NCc1ccc[nH]1)c1ccccc1Br. The first-order valence-electron chi connectivity index (χ1n) is 5.37. The summed E-state index contributed by atoms with van der Waals surface area (Å²) in [6.07, 6.45) is 1.94. The summed E-state index contributed by atoms with van der Waals surface area (Å²) in [5, 5.41) is 3.48. The van der Waals surface area contributed by atoms with E-state index in [0.717, 1.165) is 11.0 Å². The molecule has 1 unspecified atom stereocenters. The molecule has 0 spiro atoms. The molecule has 2 N–H and O–H groups in total. The quantitative estimate of drug-likeness (QED) is 0.878. The second kappa shape index (κ2) is 5.32. The van der Waals surface area contributed by atoms with E-state index in [0.29, 0.717) is 6.04 Å². The lowest BCUT2D eigenvalue weighted by Gasteiger charge is -2.15. The van der Waals surface area contributed by atoms with E-state index in [1.165, 1.54) is 11.3 Å². The summed E-state index contributed by atoms with van der Waals surface area (Å²) in [6.45, 7) is 3.03. The first-order valence-corrected chi connectivity index (χ1v) is 6.17. The highest BCUT2D eigenvalue weighted by atomic mass is 79.9. The highest BCUT2D eigenvalue weighted by Crippen LogP contribution is 2.22. The fourth-order valence-corrected chi connectivity index (χ4v) is 2.30. The normalized spacial score (nSPS) is 12.6. The van der Waals surface area contributed by atoms with Gasteiger partial charge < -0.3 is 10.3 Å². The van der Waals surface area contributed by atoms with Crippen molar-refractivity contribution in [1.29, 1.82) is 0 Å². The van der Waals surface area contributed by atoms with Gasteiger partial charge in [-0.3, -0.25) is 0 Å². The highest BCUT2D eigenvalue weighted by Gasteiger charge is 2.07. The van der Waals surface area contributed by atoms with Crippen LogP contribution in [0.25, 0.3) is 0 Å². The fourth-order valence-electron chi connectivity index (χ4n) is 1.68. The van der Waals surface area contributed by atoms with Gasteiger partial charge in [0.25, 0.3) is 0 Å². The van der Waals surface area contributed by atoms with Crippen LogP contribution in [-0.2, 0) is 6.54 Å². The Morgan fingerprint density at radius 3 is 2.75 bits per heavy atom. The predicted octanol–water partition coefficient (Wildman–Crippen LogP) is 3.63. The lowest BCUT2D eigenvalue weighted by molar-refractivity contribution is 0.567. The molecule has 3 heteroatoms. The van der Waals surface area contributed by atoms with E-state index in [4.69, 9.17) is 0 Å². The predicted molar refractivity (Wildman–Crippen MR) is 70.2 cm³/mol. The molecule has 84 valence electrons. The van der Waals surface area contributed by atoms with Crippen LogP contribution in [0.15, 0.2) is 47.1 Å². The molecule has 0 aliphatic heterocycles. The van der Waals surface area contributed by atoms with Gasteiger partial charge in [0, 0.05) is 29.0 Å². The smallest absolute Gasteiger partial charge is 0.0362 e. The van der Waals surface area contributed by atoms with Crippen LogP contribution in [-0.4, -0.2) is 4.98 Å². The summed E-state index contributed by atoms with van der Waals surface area (Å²) < 4.78 is 1.15. The van der Waals surface area contributed by atoms with Crippen LogP contribution < -0.4 is 5.32 Å². The van der Waals surface area contributed by atoms with Crippen LogP contribution in [0.2, 0.25) is 0 Å². The third-order valence-corrected chi connectivity index (χ3v) is 3.35. The molecular formula is C13H15BrN2. The summed E-state index contributed by atoms with van der Waals surface area (Å²) >= 11 is 3.57. The standard InChI is InChI=1S/C13H15BrN2/c1-10(12-6-2-3-7-13(12)14)16-9-11-5-4-8-15-11/h2-8,10,15-16H,9H2,1H3. The molecule has 16 heavy (non-hydrogen) atoms. The fraction of sp³-hybridized carbons (Fsp3) is 0.231. The third kappa shape index (κ3) is 2.74. The second-order valence-corrected chi connectivity index (χ2v) is 4.67. The first kappa shape index (κ1) is 11.4. The van der Waals surface area contributed by atoms with Crippen LogP contribution in [0.1, 0.15) is 24.2 Å². The highest BCUT2D eigenvalue weighted by molar-refractivity contribution is 9.10. The van der Waals surface area contributed by atoms with Crippen molar-refractivity contribution in [3.8, 4) is 0 Å². The van der Waals surface area contributed by atoms with Gasteiger partial charge in [-0.25, -0.2) is 0 Å². The molecule has 0 saturated heterocycles. The third-order valence-electron chi connectivity index (χ3n) is 2.63. The van der Waals surface area contributed by atoms with E-state index in [-0.39, 0.29) is 0 Å². The average molecular weight is 279 g/mol. The minimum absolute atomic E-state index is 0.332. The number of hydrogen-bond acceptors (Lipinski definition) is 1. The van der Waals surface area contributed by atoms with E-state index < -0.39 is 0 Å². The van der Waals surface area contributed by atoms with Crippen molar-refractivity contribution in [3.63, 3.8) is 0 Å². The number of aromatic nitrogens is 1. The molecule has 0 saturated carbocycles. The lowest BCUT2D eigenvalue weighted by Crippen LogP contribution is -2.18. The molecule has 0 bridgehead atoms. The van der Waals surface area contributed by atoms with Crippen molar-refractivity contribution in [2.45, 2.75) is 19.5 Å². The molecule has 0 amide bonds. The van der Waals surface area contributed by atoms with Crippen molar-refractivity contribution in [1.82, 2.24) is 10.3 Å². The Morgan fingerprint density at radius 1 is 1.25 bits per heavy atom. The maximum atomic E-state index is 3.57. The summed E-state index contributed by atoms with van der Waals surface area (Å²) in [5.74, 6) is 0. The van der Waals surface area contributed by atoms with E-state index in [9.17, 15) is 0 Å². The summed E-state index contributed by atoms with van der Waals surface area (Å²) in [7, 11) is 0. The molecule has 1 heterocycles. The lowest BCUT2D eigenvalue weighted by atomic mass is 10.1. The van der Waals surface area contributed by atoms with E-state index in [2.05, 4.69) is 57.4 Å². The minimum atomic E-state index is 0.332. The van der Waals surface area contributed by atoms with Crippen LogP contribution in [0, 0.1) is 0 Å². The second-order valence-electron chi connectivity index (χ2n) is 3.82. The van der Waals surface area contributed by atoms with Crippen LogP contribution in [0.3, 0.4) is 0 Å². The number of benzene rings is 1. The van der Waals surface area contributed by atoms with Gasteiger partial charge in [0.2, 0.25) is 0 Å². The first-order chi connectivity index (χ1) is 7.77. The molecular weight excluding hydrogens is 264 g/mol. The number of H-pyrrole nitrogens is 1. The topological polar surface area (TPSA) is 27.8 Å². The van der Waals surface area contributed by atoms with Crippen LogP contribution in [0.4, 0.5) is 0 Å². The van der Waals surface area contributed by atoms with Crippen molar-refractivity contribution in [2.75, 3.05) is 0 Å². The van der Waals surface area contributed by atoms with Gasteiger partial charge in [0.05, 0.1) is 0 Å². The van der Waals surface area contributed by atoms with Gasteiger partial charge in [-0.1, -0.05) is 34.1 Å². The Labute approximate surface area is 104 Å². The molecule has 0 aliphatic rings. The summed E-state index contributed by atoms with van der Waals surface area (Å²) in [6, 6.07) is 12.7. The zero-order chi connectivity index (χ0) is 11.4. The number of hydrogen-bond donors (Lipinski definition) is 2. The van der Waals surface area contributed by atoms with Crippen molar-refractivity contribution >= 4 is 15.9 Å². The Bertz CT molecular complexity index is 437. The van der Waals surface area contributed by atoms with Crippen molar-refractivity contribution in [2.24, 2.45) is 0 Å². The van der Waals surface area contributed by atoms with E-state index in [1.807, 2.05) is 18.3 Å². The molecule has 0 fully saturated rings. The van der Waals surface area contributed by atoms with Gasteiger partial charge in [-0.15, -0.1) is 0 Å². The van der Waals surface area contributed by atoms with Crippen molar-refractivity contribution in [3.05, 3.63) is 58.3 Å². The Balaban J connectivity index is 1.98. The monoisotopic (exact) mass is 278 g/mol. The molecule has 1 atom stereocenters. The van der Waals surface area contributed by atoms with Crippen LogP contribution in [0.5, 0.6) is 0 Å². The maximum absolute atomic E-state index is 3.57. The Hall–Kier alpha value is -1.06. The zero-order valence-corrected chi connectivity index (χ0v) is 10.8. The van der Waals surface area contributed by atoms with Gasteiger partial charge >= 0.3 is 0 Å². The summed E-state index contributed by atoms with van der Waals surface area (Å²) in [5.41, 5.74) is 2.49. The zero-order valence-electron chi connectivity index (χ0n) is 9.20. The minimum Gasteiger partial charge on any atom is -0.364 e. The number of nitrogens with one attached hydrogen (secondary N) is 2.